The highest BCUT2D eigenvalue weighted by molar-refractivity contribution is 5.98. The van der Waals surface area contributed by atoms with E-state index in [1.54, 1.807) is 0 Å². The van der Waals surface area contributed by atoms with Gasteiger partial charge in [0, 0.05) is 43.9 Å². The average molecular weight is 349 g/mol. The van der Waals surface area contributed by atoms with Crippen LogP contribution < -0.4 is 0 Å². The number of fused-ring (bicyclic) bond motifs is 1. The van der Waals surface area contributed by atoms with E-state index in [4.69, 9.17) is 4.52 Å². The number of rotatable bonds is 3. The third-order valence-corrected chi connectivity index (χ3v) is 5.22. The van der Waals surface area contributed by atoms with Crippen molar-refractivity contribution in [2.24, 2.45) is 0 Å². The predicted molar refractivity (Wildman–Crippen MR) is 101 cm³/mol. The molecule has 0 unspecified atom stereocenters. The van der Waals surface area contributed by atoms with Crippen LogP contribution in [-0.4, -0.2) is 47.0 Å². The van der Waals surface area contributed by atoms with Gasteiger partial charge in [-0.2, -0.15) is 0 Å². The first-order chi connectivity index (χ1) is 12.6. The van der Waals surface area contributed by atoms with Gasteiger partial charge in [0.2, 0.25) is 0 Å². The molecule has 0 N–H and O–H groups in total. The molecule has 134 valence electrons. The summed E-state index contributed by atoms with van der Waals surface area (Å²) in [6, 6.07) is 14.1. The van der Waals surface area contributed by atoms with Crippen LogP contribution in [0.5, 0.6) is 0 Å². The second kappa shape index (κ2) is 6.92. The van der Waals surface area contributed by atoms with Crippen molar-refractivity contribution in [2.45, 2.75) is 20.4 Å². The third kappa shape index (κ3) is 3.22. The van der Waals surface area contributed by atoms with Crippen molar-refractivity contribution in [1.29, 1.82) is 0 Å². The molecule has 2 heterocycles. The predicted octanol–water partition coefficient (Wildman–Crippen LogP) is 3.40. The Morgan fingerprint density at radius 2 is 1.77 bits per heavy atom. The van der Waals surface area contributed by atoms with Crippen LogP contribution in [0.25, 0.3) is 10.8 Å². The Kier molecular flexibility index (Phi) is 4.47. The van der Waals surface area contributed by atoms with E-state index in [0.29, 0.717) is 0 Å². The van der Waals surface area contributed by atoms with Gasteiger partial charge in [-0.1, -0.05) is 35.5 Å². The molecule has 0 atom stereocenters. The molecule has 1 amide bonds. The number of piperazine rings is 1. The Labute approximate surface area is 153 Å². The minimum atomic E-state index is 0.118. The average Bonchev–Trinajstić information content (AvgIpc) is 2.99. The summed E-state index contributed by atoms with van der Waals surface area (Å²) >= 11 is 0. The number of carbonyl (C=O) groups excluding carboxylic acids is 1. The second-order valence-electron chi connectivity index (χ2n) is 6.93. The summed E-state index contributed by atoms with van der Waals surface area (Å²) in [6.45, 7) is 7.98. The molecular weight excluding hydrogens is 326 g/mol. The van der Waals surface area contributed by atoms with Gasteiger partial charge in [-0.05, 0) is 36.8 Å². The molecule has 1 fully saturated rings. The molecule has 4 rings (SSSR count). The number of nitrogens with zero attached hydrogens (tertiary/aromatic N) is 3. The van der Waals surface area contributed by atoms with Gasteiger partial charge >= 0.3 is 0 Å². The summed E-state index contributed by atoms with van der Waals surface area (Å²) < 4.78 is 5.25. The van der Waals surface area contributed by atoms with Crippen molar-refractivity contribution in [3.63, 3.8) is 0 Å². The van der Waals surface area contributed by atoms with Gasteiger partial charge < -0.3 is 9.42 Å². The minimum Gasteiger partial charge on any atom is -0.361 e. The highest BCUT2D eigenvalue weighted by Crippen LogP contribution is 2.19. The molecular formula is C21H23N3O2. The molecule has 5 heteroatoms. The minimum absolute atomic E-state index is 0.118. The fraction of sp³-hybridized carbons (Fsp3) is 0.333. The van der Waals surface area contributed by atoms with E-state index in [9.17, 15) is 4.79 Å². The summed E-state index contributed by atoms with van der Waals surface area (Å²) in [6.07, 6.45) is 0. The SMILES string of the molecule is Cc1noc(C)c1CN1CCN(C(=O)c2ccc3ccccc3c2)CC1. The summed E-state index contributed by atoms with van der Waals surface area (Å²) in [5.41, 5.74) is 2.89. The van der Waals surface area contributed by atoms with Crippen molar-refractivity contribution >= 4 is 16.7 Å². The summed E-state index contributed by atoms with van der Waals surface area (Å²) in [5.74, 6) is 1.00. The van der Waals surface area contributed by atoms with Crippen molar-refractivity contribution in [2.75, 3.05) is 26.2 Å². The first kappa shape index (κ1) is 16.8. The van der Waals surface area contributed by atoms with E-state index in [1.165, 1.54) is 5.56 Å². The van der Waals surface area contributed by atoms with Crippen LogP contribution in [-0.2, 0) is 6.54 Å². The first-order valence-electron chi connectivity index (χ1n) is 9.04. The van der Waals surface area contributed by atoms with E-state index in [2.05, 4.69) is 16.1 Å². The van der Waals surface area contributed by atoms with E-state index in [-0.39, 0.29) is 5.91 Å². The van der Waals surface area contributed by atoms with Crippen molar-refractivity contribution < 1.29 is 9.32 Å². The molecule has 1 aliphatic rings. The van der Waals surface area contributed by atoms with Crippen LogP contribution in [0.3, 0.4) is 0 Å². The molecule has 1 saturated heterocycles. The van der Waals surface area contributed by atoms with Crippen LogP contribution in [0.1, 0.15) is 27.4 Å². The normalized spacial score (nSPS) is 15.5. The lowest BCUT2D eigenvalue weighted by Gasteiger charge is -2.34. The lowest BCUT2D eigenvalue weighted by Crippen LogP contribution is -2.48. The number of amides is 1. The van der Waals surface area contributed by atoms with Crippen molar-refractivity contribution in [3.05, 3.63) is 65.0 Å². The van der Waals surface area contributed by atoms with Gasteiger partial charge in [0.05, 0.1) is 5.69 Å². The van der Waals surface area contributed by atoms with Crippen LogP contribution in [0.15, 0.2) is 47.0 Å². The molecule has 0 spiro atoms. The molecule has 5 nitrogen and oxygen atoms in total. The number of carbonyl (C=O) groups is 1. The maximum absolute atomic E-state index is 12.9. The van der Waals surface area contributed by atoms with Gasteiger partial charge in [0.1, 0.15) is 5.76 Å². The number of hydrogen-bond acceptors (Lipinski definition) is 4. The van der Waals surface area contributed by atoms with Gasteiger partial charge in [0.15, 0.2) is 0 Å². The Morgan fingerprint density at radius 1 is 1.04 bits per heavy atom. The largest absolute Gasteiger partial charge is 0.361 e. The molecule has 1 aromatic heterocycles. The number of benzene rings is 2. The van der Waals surface area contributed by atoms with E-state index >= 15 is 0 Å². The molecule has 3 aromatic rings. The van der Waals surface area contributed by atoms with Gasteiger partial charge in [-0.15, -0.1) is 0 Å². The topological polar surface area (TPSA) is 49.6 Å². The van der Waals surface area contributed by atoms with E-state index in [0.717, 1.165) is 60.5 Å². The van der Waals surface area contributed by atoms with Crippen LogP contribution in [0.4, 0.5) is 0 Å². The summed E-state index contributed by atoms with van der Waals surface area (Å²) in [4.78, 5) is 17.2. The number of hydrogen-bond donors (Lipinski definition) is 0. The van der Waals surface area contributed by atoms with E-state index in [1.807, 2.05) is 55.1 Å². The Morgan fingerprint density at radius 3 is 2.46 bits per heavy atom. The summed E-state index contributed by atoms with van der Waals surface area (Å²) in [7, 11) is 0. The smallest absolute Gasteiger partial charge is 0.253 e. The number of aryl methyl sites for hydroxylation is 2. The molecule has 1 aliphatic heterocycles. The zero-order chi connectivity index (χ0) is 18.1. The Balaban J connectivity index is 1.41. The second-order valence-corrected chi connectivity index (χ2v) is 6.93. The Bertz CT molecular complexity index is 920. The maximum Gasteiger partial charge on any atom is 0.253 e. The lowest BCUT2D eigenvalue weighted by atomic mass is 10.1. The molecule has 0 aliphatic carbocycles. The van der Waals surface area contributed by atoms with Crippen molar-refractivity contribution in [1.82, 2.24) is 15.0 Å². The highest BCUT2D eigenvalue weighted by Gasteiger charge is 2.23. The van der Waals surface area contributed by atoms with Gasteiger partial charge in [-0.25, -0.2) is 0 Å². The third-order valence-electron chi connectivity index (χ3n) is 5.22. The molecule has 0 radical (unpaired) electrons. The first-order valence-corrected chi connectivity index (χ1v) is 9.04. The molecule has 2 aromatic carbocycles. The quantitative estimate of drug-likeness (QED) is 0.727. The molecule has 26 heavy (non-hydrogen) atoms. The monoisotopic (exact) mass is 349 g/mol. The Hall–Kier alpha value is -2.66. The molecule has 0 bridgehead atoms. The summed E-state index contributed by atoms with van der Waals surface area (Å²) in [5, 5.41) is 6.29. The van der Waals surface area contributed by atoms with Crippen LogP contribution in [0, 0.1) is 13.8 Å². The number of aromatic nitrogens is 1. The zero-order valence-corrected chi connectivity index (χ0v) is 15.2. The lowest BCUT2D eigenvalue weighted by molar-refractivity contribution is 0.0627. The molecule has 0 saturated carbocycles. The van der Waals surface area contributed by atoms with Crippen molar-refractivity contribution in [3.8, 4) is 0 Å². The highest BCUT2D eigenvalue weighted by atomic mass is 16.5. The fourth-order valence-electron chi connectivity index (χ4n) is 3.57. The van der Waals surface area contributed by atoms with Crippen LogP contribution >= 0.6 is 0 Å². The van der Waals surface area contributed by atoms with Crippen LogP contribution in [0.2, 0.25) is 0 Å². The van der Waals surface area contributed by atoms with Gasteiger partial charge in [-0.3, -0.25) is 9.69 Å². The maximum atomic E-state index is 12.9. The van der Waals surface area contributed by atoms with Gasteiger partial charge in [0.25, 0.3) is 5.91 Å². The fourth-order valence-corrected chi connectivity index (χ4v) is 3.57. The standard InChI is InChI=1S/C21H23N3O2/c1-15-20(16(2)26-22-15)14-23-9-11-24(12-10-23)21(25)19-8-7-17-5-3-4-6-18(17)13-19/h3-8,13H,9-12,14H2,1-2H3. The zero-order valence-electron chi connectivity index (χ0n) is 15.2. The van der Waals surface area contributed by atoms with E-state index < -0.39 is 0 Å².